The minimum atomic E-state index is -0.484. The number of ether oxygens (including phenoxy) is 1. The summed E-state index contributed by atoms with van der Waals surface area (Å²) in [7, 11) is 1.32. The van der Waals surface area contributed by atoms with Crippen molar-refractivity contribution in [1.82, 2.24) is 5.16 Å². The number of amides is 1. The van der Waals surface area contributed by atoms with E-state index in [4.69, 9.17) is 9.26 Å². The van der Waals surface area contributed by atoms with Crippen molar-refractivity contribution in [2.24, 2.45) is 0 Å². The summed E-state index contributed by atoms with van der Waals surface area (Å²) in [5, 5.41) is 6.78. The molecule has 1 N–H and O–H groups in total. The van der Waals surface area contributed by atoms with Gasteiger partial charge in [-0.25, -0.2) is 4.79 Å². The molecular weight excluding hydrogens is 308 g/mol. The second kappa shape index (κ2) is 6.86. The Morgan fingerprint density at radius 2 is 2.08 bits per heavy atom. The number of nitrogens with one attached hydrogen (secondary N) is 1. The summed E-state index contributed by atoms with van der Waals surface area (Å²) in [5.41, 5.74) is 2.87. The van der Waals surface area contributed by atoms with Gasteiger partial charge in [-0.2, -0.15) is 0 Å². The van der Waals surface area contributed by atoms with Gasteiger partial charge in [0, 0.05) is 12.0 Å². The van der Waals surface area contributed by atoms with E-state index in [2.05, 4.69) is 10.5 Å². The number of hydrogen-bond acceptors (Lipinski definition) is 5. The standard InChI is InChI=1S/C18H20N2O4/c1-3-11-7-6-9-13(18(22)23-2)15(11)19-17(21)16-12-8-4-5-10-14(12)24-20-16/h6-7,9H,3-5,8,10H2,1-2H3,(H,19,21). The lowest BCUT2D eigenvalue weighted by molar-refractivity contribution is 0.0602. The van der Waals surface area contributed by atoms with Crippen LogP contribution in [-0.4, -0.2) is 24.1 Å². The summed E-state index contributed by atoms with van der Waals surface area (Å²) in [6, 6.07) is 5.29. The first kappa shape index (κ1) is 16.2. The molecule has 0 saturated heterocycles. The van der Waals surface area contributed by atoms with Gasteiger partial charge in [-0.15, -0.1) is 0 Å². The highest BCUT2D eigenvalue weighted by molar-refractivity contribution is 6.08. The molecule has 1 heterocycles. The lowest BCUT2D eigenvalue weighted by Crippen LogP contribution is -2.19. The summed E-state index contributed by atoms with van der Waals surface area (Å²) in [6.07, 6.45) is 4.36. The SMILES string of the molecule is CCc1cccc(C(=O)OC)c1NC(=O)c1noc2c1CCCC2. The largest absolute Gasteiger partial charge is 0.465 e. The minimum absolute atomic E-state index is 0.312. The number of esters is 1. The number of para-hydroxylation sites is 1. The van der Waals surface area contributed by atoms with E-state index in [1.807, 2.05) is 13.0 Å². The topological polar surface area (TPSA) is 81.4 Å². The van der Waals surface area contributed by atoms with Crippen LogP contribution in [0.25, 0.3) is 0 Å². The van der Waals surface area contributed by atoms with Gasteiger partial charge in [0.1, 0.15) is 5.76 Å². The average molecular weight is 328 g/mol. The van der Waals surface area contributed by atoms with Crippen molar-refractivity contribution in [2.75, 3.05) is 12.4 Å². The second-order valence-electron chi connectivity index (χ2n) is 5.78. The molecule has 1 aromatic heterocycles. The maximum atomic E-state index is 12.7. The molecule has 0 saturated carbocycles. The van der Waals surface area contributed by atoms with Crippen molar-refractivity contribution >= 4 is 17.6 Å². The third kappa shape index (κ3) is 2.91. The molecular formula is C18H20N2O4. The molecule has 0 atom stereocenters. The smallest absolute Gasteiger partial charge is 0.339 e. The van der Waals surface area contributed by atoms with E-state index in [1.54, 1.807) is 12.1 Å². The maximum absolute atomic E-state index is 12.7. The highest BCUT2D eigenvalue weighted by atomic mass is 16.5. The van der Waals surface area contributed by atoms with Crippen LogP contribution >= 0.6 is 0 Å². The van der Waals surface area contributed by atoms with Crippen molar-refractivity contribution in [1.29, 1.82) is 0 Å². The maximum Gasteiger partial charge on any atom is 0.339 e. The summed E-state index contributed by atoms with van der Waals surface area (Å²) in [6.45, 7) is 1.96. The van der Waals surface area contributed by atoms with Crippen LogP contribution in [0.3, 0.4) is 0 Å². The molecule has 1 aliphatic carbocycles. The number of aromatic nitrogens is 1. The van der Waals surface area contributed by atoms with Crippen LogP contribution in [0, 0.1) is 0 Å². The first-order valence-corrected chi connectivity index (χ1v) is 8.14. The number of fused-ring (bicyclic) bond motifs is 1. The number of benzene rings is 1. The molecule has 0 bridgehead atoms. The molecule has 0 fully saturated rings. The molecule has 1 amide bonds. The van der Waals surface area contributed by atoms with Gasteiger partial charge in [-0.3, -0.25) is 4.79 Å². The van der Waals surface area contributed by atoms with Crippen LogP contribution in [0.1, 0.15) is 57.5 Å². The van der Waals surface area contributed by atoms with Crippen molar-refractivity contribution in [3.63, 3.8) is 0 Å². The Morgan fingerprint density at radius 3 is 2.83 bits per heavy atom. The van der Waals surface area contributed by atoms with Gasteiger partial charge in [0.2, 0.25) is 0 Å². The van der Waals surface area contributed by atoms with Gasteiger partial charge in [0.05, 0.1) is 18.4 Å². The number of carbonyl (C=O) groups is 2. The third-order valence-electron chi connectivity index (χ3n) is 4.34. The molecule has 6 nitrogen and oxygen atoms in total. The minimum Gasteiger partial charge on any atom is -0.465 e. The van der Waals surface area contributed by atoms with Gasteiger partial charge >= 0.3 is 5.97 Å². The molecule has 1 aromatic carbocycles. The Labute approximate surface area is 140 Å². The van der Waals surface area contributed by atoms with E-state index < -0.39 is 5.97 Å². The number of methoxy groups -OCH3 is 1. The summed E-state index contributed by atoms with van der Waals surface area (Å²) < 4.78 is 10.1. The van der Waals surface area contributed by atoms with E-state index in [-0.39, 0.29) is 5.91 Å². The zero-order valence-corrected chi connectivity index (χ0v) is 13.8. The van der Waals surface area contributed by atoms with Crippen LogP contribution < -0.4 is 5.32 Å². The number of carbonyl (C=O) groups excluding carboxylic acids is 2. The van der Waals surface area contributed by atoms with Gasteiger partial charge in [0.25, 0.3) is 5.91 Å². The quantitative estimate of drug-likeness (QED) is 0.872. The molecule has 0 unspecified atom stereocenters. The molecule has 1 aliphatic rings. The van der Waals surface area contributed by atoms with Crippen LogP contribution in [0.15, 0.2) is 22.7 Å². The fourth-order valence-corrected chi connectivity index (χ4v) is 3.06. The fourth-order valence-electron chi connectivity index (χ4n) is 3.06. The second-order valence-corrected chi connectivity index (χ2v) is 5.78. The third-order valence-corrected chi connectivity index (χ3v) is 4.34. The lowest BCUT2D eigenvalue weighted by atomic mass is 9.96. The number of aryl methyl sites for hydroxylation is 2. The first-order valence-electron chi connectivity index (χ1n) is 8.14. The van der Waals surface area contributed by atoms with Crippen LogP contribution in [-0.2, 0) is 24.0 Å². The van der Waals surface area contributed by atoms with Crippen LogP contribution in [0.4, 0.5) is 5.69 Å². The van der Waals surface area contributed by atoms with Crippen molar-refractivity contribution < 1.29 is 18.8 Å². The average Bonchev–Trinajstić information content (AvgIpc) is 3.05. The van der Waals surface area contributed by atoms with Crippen LogP contribution in [0.5, 0.6) is 0 Å². The fraction of sp³-hybridized carbons (Fsp3) is 0.389. The predicted molar refractivity (Wildman–Crippen MR) is 88.3 cm³/mol. The van der Waals surface area contributed by atoms with E-state index in [0.29, 0.717) is 23.4 Å². The molecule has 6 heteroatoms. The monoisotopic (exact) mass is 328 g/mol. The van der Waals surface area contributed by atoms with E-state index in [9.17, 15) is 9.59 Å². The van der Waals surface area contributed by atoms with E-state index in [0.717, 1.165) is 42.6 Å². The number of hydrogen-bond donors (Lipinski definition) is 1. The molecule has 0 radical (unpaired) electrons. The zero-order chi connectivity index (χ0) is 17.1. The Balaban J connectivity index is 1.94. The van der Waals surface area contributed by atoms with Gasteiger partial charge in [-0.1, -0.05) is 24.2 Å². The Bertz CT molecular complexity index is 779. The first-order chi connectivity index (χ1) is 11.7. The molecule has 3 rings (SSSR count). The van der Waals surface area contributed by atoms with Crippen molar-refractivity contribution in [3.05, 3.63) is 46.3 Å². The predicted octanol–water partition coefficient (Wildman–Crippen LogP) is 3.15. The Kier molecular flexibility index (Phi) is 4.64. The van der Waals surface area contributed by atoms with Crippen molar-refractivity contribution in [2.45, 2.75) is 39.0 Å². The lowest BCUT2D eigenvalue weighted by Gasteiger charge is -2.14. The van der Waals surface area contributed by atoms with Gasteiger partial charge in [-0.05, 0) is 37.3 Å². The summed E-state index contributed by atoms with van der Waals surface area (Å²) in [5.74, 6) is -0.0425. The van der Waals surface area contributed by atoms with E-state index >= 15 is 0 Å². The van der Waals surface area contributed by atoms with E-state index in [1.165, 1.54) is 7.11 Å². The summed E-state index contributed by atoms with van der Waals surface area (Å²) in [4.78, 5) is 24.7. The number of nitrogens with zero attached hydrogens (tertiary/aromatic N) is 1. The number of rotatable bonds is 4. The van der Waals surface area contributed by atoms with Gasteiger partial charge < -0.3 is 14.6 Å². The highest BCUT2D eigenvalue weighted by Crippen LogP contribution is 2.27. The Morgan fingerprint density at radius 1 is 1.29 bits per heavy atom. The molecule has 0 aliphatic heterocycles. The van der Waals surface area contributed by atoms with Crippen molar-refractivity contribution in [3.8, 4) is 0 Å². The molecule has 24 heavy (non-hydrogen) atoms. The zero-order valence-electron chi connectivity index (χ0n) is 13.8. The summed E-state index contributed by atoms with van der Waals surface area (Å²) >= 11 is 0. The van der Waals surface area contributed by atoms with Crippen LogP contribution in [0.2, 0.25) is 0 Å². The number of anilines is 1. The Hall–Kier alpha value is -2.63. The normalized spacial score (nSPS) is 13.2. The molecule has 126 valence electrons. The highest BCUT2D eigenvalue weighted by Gasteiger charge is 2.25. The van der Waals surface area contributed by atoms with Gasteiger partial charge in [0.15, 0.2) is 5.69 Å². The molecule has 0 spiro atoms. The molecule has 2 aromatic rings.